The van der Waals surface area contributed by atoms with Crippen LogP contribution >= 0.6 is 11.3 Å². The molecule has 0 saturated heterocycles. The molecule has 0 radical (unpaired) electrons. The lowest BCUT2D eigenvalue weighted by molar-refractivity contribution is 0.0909. The van der Waals surface area contributed by atoms with Crippen LogP contribution in [0.2, 0.25) is 0 Å². The molecule has 16 heavy (non-hydrogen) atoms. The van der Waals surface area contributed by atoms with Gasteiger partial charge >= 0.3 is 0 Å². The Hall–Kier alpha value is -0.490. The summed E-state index contributed by atoms with van der Waals surface area (Å²) in [6.45, 7) is 4.84. The first kappa shape index (κ1) is 13.6. The van der Waals surface area contributed by atoms with Crippen LogP contribution in [0.5, 0.6) is 0 Å². The lowest BCUT2D eigenvalue weighted by Crippen LogP contribution is -2.48. The minimum absolute atomic E-state index is 0.149. The smallest absolute Gasteiger partial charge is 0.0795 e. The molecule has 0 aromatic carbocycles. The average molecular weight is 244 g/mol. The first-order valence-corrected chi connectivity index (χ1v) is 6.31. The molecule has 0 fully saturated rings. The molecule has 1 aromatic heterocycles. The average Bonchev–Trinajstić information content (AvgIpc) is 2.70. The van der Waals surface area contributed by atoms with E-state index >= 15 is 0 Å². The van der Waals surface area contributed by atoms with Crippen LogP contribution in [0, 0.1) is 0 Å². The second-order valence-electron chi connectivity index (χ2n) is 4.25. The number of hydrogen-bond donors (Lipinski definition) is 2. The van der Waals surface area contributed by atoms with Gasteiger partial charge in [0.25, 0.3) is 0 Å². The minimum atomic E-state index is -0.216. The van der Waals surface area contributed by atoms with Gasteiger partial charge in [0, 0.05) is 30.7 Å². The van der Waals surface area contributed by atoms with Crippen LogP contribution in [0.1, 0.15) is 32.0 Å². The van der Waals surface area contributed by atoms with E-state index in [1.54, 1.807) is 18.4 Å². The number of methoxy groups -OCH3 is 1. The summed E-state index contributed by atoms with van der Waals surface area (Å²) in [7, 11) is 1.67. The molecular weight excluding hydrogens is 224 g/mol. The topological polar surface area (TPSA) is 54.4 Å². The molecule has 0 saturated carbocycles. The van der Waals surface area contributed by atoms with Crippen LogP contribution in [0.25, 0.3) is 0 Å². The number of nitrogens with zero attached hydrogens (tertiary/aromatic N) is 1. The Kier molecular flexibility index (Phi) is 5.34. The SMILES string of the molecule is COCC(C)(CCO)NC(C)c1cscn1. The van der Waals surface area contributed by atoms with Crippen molar-refractivity contribution < 1.29 is 9.84 Å². The molecule has 4 nitrogen and oxygen atoms in total. The quantitative estimate of drug-likeness (QED) is 0.764. The van der Waals surface area contributed by atoms with Crippen molar-refractivity contribution in [3.63, 3.8) is 0 Å². The Morgan fingerprint density at radius 3 is 2.94 bits per heavy atom. The lowest BCUT2D eigenvalue weighted by atomic mass is 9.97. The summed E-state index contributed by atoms with van der Waals surface area (Å²) in [5.74, 6) is 0. The molecule has 5 heteroatoms. The predicted molar refractivity (Wildman–Crippen MR) is 65.6 cm³/mol. The van der Waals surface area contributed by atoms with Crippen LogP contribution in [0.3, 0.4) is 0 Å². The minimum Gasteiger partial charge on any atom is -0.396 e. The molecule has 0 amide bonds. The molecule has 0 bridgehead atoms. The molecule has 1 rings (SSSR count). The van der Waals surface area contributed by atoms with Crippen LogP contribution in [0.4, 0.5) is 0 Å². The zero-order valence-electron chi connectivity index (χ0n) is 10.1. The molecule has 2 unspecified atom stereocenters. The highest BCUT2D eigenvalue weighted by Crippen LogP contribution is 2.19. The molecule has 2 N–H and O–H groups in total. The van der Waals surface area contributed by atoms with Crippen LogP contribution < -0.4 is 5.32 Å². The van der Waals surface area contributed by atoms with Gasteiger partial charge in [0.2, 0.25) is 0 Å². The zero-order valence-corrected chi connectivity index (χ0v) is 10.9. The van der Waals surface area contributed by atoms with Gasteiger partial charge in [-0.1, -0.05) is 0 Å². The number of rotatable bonds is 7. The highest BCUT2D eigenvalue weighted by atomic mass is 32.1. The third kappa shape index (κ3) is 3.83. The monoisotopic (exact) mass is 244 g/mol. The van der Waals surface area contributed by atoms with Crippen LogP contribution in [0.15, 0.2) is 10.9 Å². The predicted octanol–water partition coefficient (Wildman–Crippen LogP) is 1.58. The van der Waals surface area contributed by atoms with Gasteiger partial charge in [0.05, 0.1) is 17.8 Å². The van der Waals surface area contributed by atoms with Crippen molar-refractivity contribution in [2.45, 2.75) is 31.8 Å². The molecule has 1 aromatic rings. The molecule has 2 atom stereocenters. The zero-order chi connectivity index (χ0) is 12.0. The van der Waals surface area contributed by atoms with E-state index in [9.17, 15) is 0 Å². The van der Waals surface area contributed by atoms with E-state index in [0.29, 0.717) is 13.0 Å². The molecule has 92 valence electrons. The molecule has 0 aliphatic carbocycles. The summed E-state index contributed by atoms with van der Waals surface area (Å²) in [6, 6.07) is 0.165. The summed E-state index contributed by atoms with van der Waals surface area (Å²) < 4.78 is 5.19. The number of aliphatic hydroxyl groups excluding tert-OH is 1. The van der Waals surface area contributed by atoms with Gasteiger partial charge < -0.3 is 15.2 Å². The number of aromatic nitrogens is 1. The maximum absolute atomic E-state index is 9.06. The highest BCUT2D eigenvalue weighted by molar-refractivity contribution is 7.07. The van der Waals surface area contributed by atoms with Crippen molar-refractivity contribution in [1.82, 2.24) is 10.3 Å². The van der Waals surface area contributed by atoms with Gasteiger partial charge in [-0.05, 0) is 20.3 Å². The second kappa shape index (κ2) is 6.30. The van der Waals surface area contributed by atoms with E-state index < -0.39 is 0 Å². The van der Waals surface area contributed by atoms with E-state index in [4.69, 9.17) is 9.84 Å². The first-order valence-electron chi connectivity index (χ1n) is 5.37. The summed E-state index contributed by atoms with van der Waals surface area (Å²) in [6.07, 6.45) is 0.662. The third-order valence-corrected chi connectivity index (χ3v) is 3.19. The van der Waals surface area contributed by atoms with Crippen molar-refractivity contribution in [3.05, 3.63) is 16.6 Å². The molecule has 0 aliphatic rings. The normalized spacial score (nSPS) is 17.0. The van der Waals surface area contributed by atoms with Crippen molar-refractivity contribution >= 4 is 11.3 Å². The molecular formula is C11H20N2O2S. The number of ether oxygens (including phenoxy) is 1. The van der Waals surface area contributed by atoms with Crippen LogP contribution in [-0.4, -0.2) is 36.0 Å². The fourth-order valence-electron chi connectivity index (χ4n) is 1.78. The van der Waals surface area contributed by atoms with Crippen molar-refractivity contribution in [3.8, 4) is 0 Å². The lowest BCUT2D eigenvalue weighted by Gasteiger charge is -2.32. The number of aliphatic hydroxyl groups is 1. The van der Waals surface area contributed by atoms with Gasteiger partial charge in [0.1, 0.15) is 0 Å². The Morgan fingerprint density at radius 1 is 1.69 bits per heavy atom. The van der Waals surface area contributed by atoms with E-state index in [0.717, 1.165) is 5.69 Å². The summed E-state index contributed by atoms with van der Waals surface area (Å²) in [5.41, 5.74) is 2.64. The molecule has 0 aliphatic heterocycles. The summed E-state index contributed by atoms with van der Waals surface area (Å²) in [5, 5.41) is 14.6. The fraction of sp³-hybridized carbons (Fsp3) is 0.727. The van der Waals surface area contributed by atoms with E-state index in [-0.39, 0.29) is 18.2 Å². The van der Waals surface area contributed by atoms with Gasteiger partial charge in [0.15, 0.2) is 0 Å². The molecule has 1 heterocycles. The second-order valence-corrected chi connectivity index (χ2v) is 4.97. The Morgan fingerprint density at radius 2 is 2.44 bits per heavy atom. The van der Waals surface area contributed by atoms with Gasteiger partial charge in [-0.3, -0.25) is 0 Å². The van der Waals surface area contributed by atoms with Crippen molar-refractivity contribution in [1.29, 1.82) is 0 Å². The number of thiazole rings is 1. The fourth-order valence-corrected chi connectivity index (χ4v) is 2.43. The highest BCUT2D eigenvalue weighted by Gasteiger charge is 2.26. The maximum Gasteiger partial charge on any atom is 0.0795 e. The van der Waals surface area contributed by atoms with Gasteiger partial charge in [-0.2, -0.15) is 0 Å². The Bertz CT molecular complexity index is 284. The molecule has 0 spiro atoms. The van der Waals surface area contributed by atoms with E-state index in [1.807, 2.05) is 10.9 Å². The van der Waals surface area contributed by atoms with Crippen molar-refractivity contribution in [2.24, 2.45) is 0 Å². The third-order valence-electron chi connectivity index (χ3n) is 2.59. The Labute approximate surface area is 101 Å². The number of hydrogen-bond acceptors (Lipinski definition) is 5. The van der Waals surface area contributed by atoms with Gasteiger partial charge in [-0.15, -0.1) is 11.3 Å². The maximum atomic E-state index is 9.06. The largest absolute Gasteiger partial charge is 0.396 e. The first-order chi connectivity index (χ1) is 7.61. The van der Waals surface area contributed by atoms with Gasteiger partial charge in [-0.25, -0.2) is 4.98 Å². The summed E-state index contributed by atoms with van der Waals surface area (Å²) in [4.78, 5) is 4.27. The van der Waals surface area contributed by atoms with Crippen LogP contribution in [-0.2, 0) is 4.74 Å². The summed E-state index contributed by atoms with van der Waals surface area (Å²) >= 11 is 1.59. The van der Waals surface area contributed by atoms with E-state index in [2.05, 4.69) is 24.1 Å². The van der Waals surface area contributed by atoms with Crippen molar-refractivity contribution in [2.75, 3.05) is 20.3 Å². The van der Waals surface area contributed by atoms with E-state index in [1.165, 1.54) is 0 Å². The number of nitrogens with one attached hydrogen (secondary N) is 1. The Balaban J connectivity index is 2.60. The standard InChI is InChI=1S/C11H20N2O2S/c1-9(10-6-16-8-12-10)13-11(2,4-5-14)7-15-3/h6,8-9,13-14H,4-5,7H2,1-3H3.